The Balaban J connectivity index is 1.71. The van der Waals surface area contributed by atoms with Crippen molar-refractivity contribution in [3.05, 3.63) is 72.3 Å². The summed E-state index contributed by atoms with van der Waals surface area (Å²) in [4.78, 5) is 12.0. The summed E-state index contributed by atoms with van der Waals surface area (Å²) in [5.41, 5.74) is 4.75. The van der Waals surface area contributed by atoms with Gasteiger partial charge in [-0.05, 0) is 28.7 Å². The Morgan fingerprint density at radius 1 is 1.17 bits per heavy atom. The lowest BCUT2D eigenvalue weighted by Gasteiger charge is -2.17. The zero-order valence-electron chi connectivity index (χ0n) is 13.4. The van der Waals surface area contributed by atoms with Crippen LogP contribution in [0.2, 0.25) is 0 Å². The van der Waals surface area contributed by atoms with E-state index in [0.29, 0.717) is 6.42 Å². The molecule has 1 amide bonds. The lowest BCUT2D eigenvalue weighted by atomic mass is 9.98. The van der Waals surface area contributed by atoms with Crippen LogP contribution in [0.4, 0.5) is 4.79 Å². The molecule has 24 heavy (non-hydrogen) atoms. The van der Waals surface area contributed by atoms with Crippen molar-refractivity contribution < 1.29 is 14.6 Å². The third kappa shape index (κ3) is 3.19. The molecule has 0 saturated carbocycles. The second-order valence-electron chi connectivity index (χ2n) is 5.87. The van der Waals surface area contributed by atoms with Crippen LogP contribution >= 0.6 is 0 Å². The van der Waals surface area contributed by atoms with Crippen molar-refractivity contribution in [3.8, 4) is 11.1 Å². The fourth-order valence-corrected chi connectivity index (χ4v) is 3.19. The topological polar surface area (TPSA) is 58.6 Å². The van der Waals surface area contributed by atoms with E-state index in [4.69, 9.17) is 4.74 Å². The van der Waals surface area contributed by atoms with E-state index in [0.717, 1.165) is 0 Å². The highest BCUT2D eigenvalue weighted by Gasteiger charge is 2.29. The lowest BCUT2D eigenvalue weighted by molar-refractivity contribution is 0.132. The Labute approximate surface area is 141 Å². The van der Waals surface area contributed by atoms with Crippen molar-refractivity contribution in [3.63, 3.8) is 0 Å². The minimum absolute atomic E-state index is 0.0372. The summed E-state index contributed by atoms with van der Waals surface area (Å²) in [5.74, 6) is 0.0372. The number of aliphatic hydroxyl groups excluding tert-OH is 1. The van der Waals surface area contributed by atoms with Gasteiger partial charge in [0, 0.05) is 5.92 Å². The van der Waals surface area contributed by atoms with E-state index in [1.165, 1.54) is 22.3 Å². The van der Waals surface area contributed by atoms with Gasteiger partial charge in [-0.1, -0.05) is 54.6 Å². The number of alkyl carbamates (subject to hydrolysis) is 1. The number of fused-ring (bicyclic) bond motifs is 3. The zero-order valence-corrected chi connectivity index (χ0v) is 13.4. The molecule has 1 aliphatic carbocycles. The molecule has 1 unspecified atom stereocenters. The molecule has 1 aliphatic rings. The molecule has 0 aromatic heterocycles. The molecule has 3 rings (SSSR count). The molecule has 2 aromatic carbocycles. The van der Waals surface area contributed by atoms with Crippen molar-refractivity contribution in [1.29, 1.82) is 0 Å². The van der Waals surface area contributed by atoms with E-state index < -0.39 is 6.09 Å². The molecule has 0 radical (unpaired) electrons. The van der Waals surface area contributed by atoms with Gasteiger partial charge in [0.05, 0.1) is 12.6 Å². The van der Waals surface area contributed by atoms with Crippen molar-refractivity contribution in [2.45, 2.75) is 18.4 Å². The van der Waals surface area contributed by atoms with E-state index in [1.807, 2.05) is 24.3 Å². The third-order valence-corrected chi connectivity index (χ3v) is 4.34. The number of rotatable bonds is 6. The van der Waals surface area contributed by atoms with E-state index >= 15 is 0 Å². The number of carbonyl (C=O) groups excluding carboxylic acids is 1. The normalized spacial score (nSPS) is 13.7. The van der Waals surface area contributed by atoms with Gasteiger partial charge in [0.25, 0.3) is 0 Å². The van der Waals surface area contributed by atoms with Gasteiger partial charge >= 0.3 is 6.09 Å². The van der Waals surface area contributed by atoms with Crippen LogP contribution in [0, 0.1) is 0 Å². The first-order valence-electron chi connectivity index (χ1n) is 8.08. The monoisotopic (exact) mass is 323 g/mol. The smallest absolute Gasteiger partial charge is 0.407 e. The van der Waals surface area contributed by atoms with Crippen LogP contribution in [0.1, 0.15) is 23.5 Å². The second kappa shape index (κ2) is 7.32. The first-order chi connectivity index (χ1) is 11.7. The molecule has 2 N–H and O–H groups in total. The predicted molar refractivity (Wildman–Crippen MR) is 93.9 cm³/mol. The number of ether oxygens (including phenoxy) is 1. The van der Waals surface area contributed by atoms with Crippen LogP contribution in [0.3, 0.4) is 0 Å². The quantitative estimate of drug-likeness (QED) is 0.800. The van der Waals surface area contributed by atoms with Crippen LogP contribution < -0.4 is 5.32 Å². The third-order valence-electron chi connectivity index (χ3n) is 4.34. The molecule has 0 saturated heterocycles. The first-order valence-corrected chi connectivity index (χ1v) is 8.08. The van der Waals surface area contributed by atoms with Crippen LogP contribution in [-0.2, 0) is 4.74 Å². The maximum absolute atomic E-state index is 12.0. The zero-order chi connectivity index (χ0) is 16.9. The van der Waals surface area contributed by atoms with Gasteiger partial charge in [-0.2, -0.15) is 0 Å². The number of hydrogen-bond acceptors (Lipinski definition) is 3. The van der Waals surface area contributed by atoms with Crippen molar-refractivity contribution >= 4 is 6.09 Å². The van der Waals surface area contributed by atoms with Gasteiger partial charge in [-0.3, -0.25) is 0 Å². The highest BCUT2D eigenvalue weighted by molar-refractivity contribution is 5.79. The van der Waals surface area contributed by atoms with Crippen molar-refractivity contribution in [2.75, 3.05) is 13.2 Å². The predicted octanol–water partition coefficient (Wildman–Crippen LogP) is 3.46. The number of aliphatic hydroxyl groups is 1. The van der Waals surface area contributed by atoms with Crippen LogP contribution in [-0.4, -0.2) is 30.5 Å². The highest BCUT2D eigenvalue weighted by Crippen LogP contribution is 2.44. The summed E-state index contributed by atoms with van der Waals surface area (Å²) in [7, 11) is 0. The van der Waals surface area contributed by atoms with Crippen LogP contribution in [0.15, 0.2) is 61.2 Å². The van der Waals surface area contributed by atoms with Crippen molar-refractivity contribution in [2.24, 2.45) is 0 Å². The second-order valence-corrected chi connectivity index (χ2v) is 5.87. The Hall–Kier alpha value is -2.59. The summed E-state index contributed by atoms with van der Waals surface area (Å²) in [6.07, 6.45) is 1.64. The standard InChI is InChI=1S/C20H21NO3/c1-2-7-14(12-22)21-20(23)24-13-19-17-10-5-3-8-15(17)16-9-4-6-11-18(16)19/h2-6,8-11,14,19,22H,1,7,12-13H2,(H,21,23). The van der Waals surface area contributed by atoms with Gasteiger partial charge in [0.15, 0.2) is 0 Å². The molecule has 4 heteroatoms. The molecule has 0 spiro atoms. The summed E-state index contributed by atoms with van der Waals surface area (Å²) in [6, 6.07) is 16.0. The molecule has 1 atom stereocenters. The van der Waals surface area contributed by atoms with Crippen LogP contribution in [0.25, 0.3) is 11.1 Å². The van der Waals surface area contributed by atoms with E-state index in [1.54, 1.807) is 6.08 Å². The molecule has 4 nitrogen and oxygen atoms in total. The Morgan fingerprint density at radius 3 is 2.29 bits per heavy atom. The van der Waals surface area contributed by atoms with Crippen LogP contribution in [0.5, 0.6) is 0 Å². The highest BCUT2D eigenvalue weighted by atomic mass is 16.5. The first kappa shape index (κ1) is 16.3. The van der Waals surface area contributed by atoms with E-state index in [2.05, 4.69) is 36.2 Å². The Kier molecular flexibility index (Phi) is 4.96. The average molecular weight is 323 g/mol. The fourth-order valence-electron chi connectivity index (χ4n) is 3.19. The molecule has 0 heterocycles. The van der Waals surface area contributed by atoms with Gasteiger partial charge in [0.2, 0.25) is 0 Å². The molecule has 2 aromatic rings. The largest absolute Gasteiger partial charge is 0.449 e. The number of amides is 1. The van der Waals surface area contributed by atoms with Gasteiger partial charge in [-0.25, -0.2) is 4.79 Å². The average Bonchev–Trinajstić information content (AvgIpc) is 2.93. The van der Waals surface area contributed by atoms with Gasteiger partial charge in [0.1, 0.15) is 6.61 Å². The minimum Gasteiger partial charge on any atom is -0.449 e. The maximum Gasteiger partial charge on any atom is 0.407 e. The molecule has 124 valence electrons. The number of nitrogens with one attached hydrogen (secondary N) is 1. The summed E-state index contributed by atoms with van der Waals surface area (Å²) in [5, 5.41) is 11.9. The number of hydrogen-bond donors (Lipinski definition) is 2. The number of benzene rings is 2. The fraction of sp³-hybridized carbons (Fsp3) is 0.250. The Morgan fingerprint density at radius 2 is 1.75 bits per heavy atom. The maximum atomic E-state index is 12.0. The summed E-state index contributed by atoms with van der Waals surface area (Å²) >= 11 is 0. The Bertz CT molecular complexity index is 696. The SMILES string of the molecule is C=CCC(CO)NC(=O)OCC1c2ccccc2-c2ccccc21. The molecule has 0 bridgehead atoms. The van der Waals surface area contributed by atoms with Crippen molar-refractivity contribution in [1.82, 2.24) is 5.32 Å². The van der Waals surface area contributed by atoms with Gasteiger partial charge in [-0.15, -0.1) is 6.58 Å². The summed E-state index contributed by atoms with van der Waals surface area (Å²) < 4.78 is 5.42. The number of carbonyl (C=O) groups is 1. The summed E-state index contributed by atoms with van der Waals surface area (Å²) in [6.45, 7) is 3.74. The molecular formula is C20H21NO3. The molecule has 0 fully saturated rings. The minimum atomic E-state index is -0.516. The lowest BCUT2D eigenvalue weighted by Crippen LogP contribution is -2.38. The van der Waals surface area contributed by atoms with E-state index in [-0.39, 0.29) is 25.2 Å². The van der Waals surface area contributed by atoms with E-state index in [9.17, 15) is 9.90 Å². The molecule has 0 aliphatic heterocycles. The van der Waals surface area contributed by atoms with Gasteiger partial charge < -0.3 is 15.2 Å². The molecular weight excluding hydrogens is 302 g/mol.